The third-order valence-corrected chi connectivity index (χ3v) is 4.11. The molecule has 0 bridgehead atoms. The summed E-state index contributed by atoms with van der Waals surface area (Å²) < 4.78 is 13.5. The molecule has 0 amide bonds. The van der Waals surface area contributed by atoms with E-state index in [9.17, 15) is 0 Å². The van der Waals surface area contributed by atoms with Gasteiger partial charge in [0.25, 0.3) is 0 Å². The number of rotatable bonds is 8. The van der Waals surface area contributed by atoms with Gasteiger partial charge in [-0.15, -0.1) is 0 Å². The third kappa shape index (κ3) is 4.58. The second kappa shape index (κ2) is 8.31. The van der Waals surface area contributed by atoms with Crippen LogP contribution in [0.2, 0.25) is 0 Å². The topological polar surface area (TPSA) is 48.3 Å². The van der Waals surface area contributed by atoms with Gasteiger partial charge in [-0.05, 0) is 39.8 Å². The Morgan fingerprint density at radius 3 is 2.50 bits per heavy atom. The molecular formula is C19H29N3O2. The van der Waals surface area contributed by atoms with Crippen LogP contribution >= 0.6 is 0 Å². The van der Waals surface area contributed by atoms with Crippen molar-refractivity contribution in [3.63, 3.8) is 0 Å². The normalized spacial score (nSPS) is 14.0. The van der Waals surface area contributed by atoms with Crippen LogP contribution in [0.3, 0.4) is 0 Å². The predicted molar refractivity (Wildman–Crippen MR) is 96.3 cm³/mol. The van der Waals surface area contributed by atoms with Crippen LogP contribution in [-0.2, 0) is 11.8 Å². The average molecular weight is 331 g/mol. The van der Waals surface area contributed by atoms with Crippen LogP contribution < -0.4 is 10.1 Å². The van der Waals surface area contributed by atoms with Gasteiger partial charge in [0.2, 0.25) is 0 Å². The zero-order chi connectivity index (χ0) is 17.7. The number of para-hydroxylation sites is 1. The fourth-order valence-electron chi connectivity index (χ4n) is 2.68. The molecule has 2 rings (SSSR count). The van der Waals surface area contributed by atoms with Gasteiger partial charge in [-0.1, -0.05) is 18.2 Å². The molecule has 0 spiro atoms. The first kappa shape index (κ1) is 18.5. The Balaban J connectivity index is 2.11. The lowest BCUT2D eigenvalue weighted by Crippen LogP contribution is -2.28. The second-order valence-corrected chi connectivity index (χ2v) is 6.38. The molecule has 1 aromatic carbocycles. The highest BCUT2D eigenvalue weighted by atomic mass is 16.5. The van der Waals surface area contributed by atoms with Crippen LogP contribution in [-0.4, -0.2) is 29.5 Å². The van der Waals surface area contributed by atoms with E-state index in [0.717, 1.165) is 22.7 Å². The molecule has 0 saturated carbocycles. The van der Waals surface area contributed by atoms with Gasteiger partial charge < -0.3 is 14.8 Å². The van der Waals surface area contributed by atoms with Crippen molar-refractivity contribution in [2.24, 2.45) is 7.05 Å². The molecule has 0 aliphatic carbocycles. The molecule has 2 atom stereocenters. The van der Waals surface area contributed by atoms with Gasteiger partial charge in [-0.3, -0.25) is 4.68 Å². The number of nitrogens with zero attached hydrogens (tertiary/aromatic N) is 2. The van der Waals surface area contributed by atoms with Crippen molar-refractivity contribution >= 4 is 0 Å². The van der Waals surface area contributed by atoms with E-state index in [2.05, 4.69) is 36.4 Å². The zero-order valence-corrected chi connectivity index (χ0v) is 15.5. The van der Waals surface area contributed by atoms with Gasteiger partial charge in [-0.2, -0.15) is 5.10 Å². The van der Waals surface area contributed by atoms with E-state index in [-0.39, 0.29) is 18.2 Å². The minimum absolute atomic E-state index is 0.0755. The Hall–Kier alpha value is -1.85. The van der Waals surface area contributed by atoms with E-state index in [0.29, 0.717) is 6.54 Å². The van der Waals surface area contributed by atoms with Crippen LogP contribution in [0, 0.1) is 6.92 Å². The molecule has 132 valence electrons. The molecule has 0 aliphatic rings. The SMILES string of the molecule is COc1ccccc1[C@H](CN[C@H](C)c1cc(C)n(C)n1)OC(C)C. The van der Waals surface area contributed by atoms with Crippen molar-refractivity contribution in [3.8, 4) is 5.75 Å². The highest BCUT2D eigenvalue weighted by Gasteiger charge is 2.20. The fraction of sp³-hybridized carbons (Fsp3) is 0.526. The molecule has 0 radical (unpaired) electrons. The first-order chi connectivity index (χ1) is 11.4. The molecule has 1 heterocycles. The van der Waals surface area contributed by atoms with Gasteiger partial charge in [0, 0.05) is 30.9 Å². The maximum Gasteiger partial charge on any atom is 0.124 e. The molecule has 1 aromatic heterocycles. The number of hydrogen-bond acceptors (Lipinski definition) is 4. The summed E-state index contributed by atoms with van der Waals surface area (Å²) in [6, 6.07) is 10.3. The van der Waals surface area contributed by atoms with Crippen LogP contribution in [0.15, 0.2) is 30.3 Å². The van der Waals surface area contributed by atoms with Crippen LogP contribution in [0.1, 0.15) is 49.9 Å². The highest BCUT2D eigenvalue weighted by Crippen LogP contribution is 2.28. The van der Waals surface area contributed by atoms with Crippen molar-refractivity contribution in [3.05, 3.63) is 47.3 Å². The minimum atomic E-state index is -0.0755. The van der Waals surface area contributed by atoms with E-state index in [1.807, 2.05) is 43.8 Å². The number of methoxy groups -OCH3 is 1. The monoisotopic (exact) mass is 331 g/mol. The molecule has 5 heteroatoms. The van der Waals surface area contributed by atoms with Crippen LogP contribution in [0.4, 0.5) is 0 Å². The second-order valence-electron chi connectivity index (χ2n) is 6.38. The Bertz CT molecular complexity index is 632. The number of aryl methyl sites for hydroxylation is 2. The van der Waals surface area contributed by atoms with Crippen molar-refractivity contribution in [1.82, 2.24) is 15.1 Å². The number of nitrogens with one attached hydrogen (secondary N) is 1. The number of aromatic nitrogens is 2. The molecule has 0 saturated heterocycles. The van der Waals surface area contributed by atoms with Gasteiger partial charge in [0.15, 0.2) is 0 Å². The number of benzene rings is 1. The van der Waals surface area contributed by atoms with Gasteiger partial charge >= 0.3 is 0 Å². The lowest BCUT2D eigenvalue weighted by atomic mass is 10.1. The summed E-state index contributed by atoms with van der Waals surface area (Å²) in [7, 11) is 3.66. The Morgan fingerprint density at radius 2 is 1.92 bits per heavy atom. The third-order valence-electron chi connectivity index (χ3n) is 4.11. The summed E-state index contributed by atoms with van der Waals surface area (Å²) in [4.78, 5) is 0. The van der Waals surface area contributed by atoms with E-state index >= 15 is 0 Å². The van der Waals surface area contributed by atoms with E-state index in [1.54, 1.807) is 7.11 Å². The largest absolute Gasteiger partial charge is 0.496 e. The Kier molecular flexibility index (Phi) is 6.40. The molecule has 24 heavy (non-hydrogen) atoms. The number of ether oxygens (including phenoxy) is 2. The van der Waals surface area contributed by atoms with Gasteiger partial charge in [0.05, 0.1) is 25.0 Å². The zero-order valence-electron chi connectivity index (χ0n) is 15.5. The summed E-state index contributed by atoms with van der Waals surface area (Å²) in [6.45, 7) is 8.97. The van der Waals surface area contributed by atoms with Crippen molar-refractivity contribution in [1.29, 1.82) is 0 Å². The summed E-state index contributed by atoms with van der Waals surface area (Å²) in [5, 5.41) is 8.08. The molecule has 0 unspecified atom stereocenters. The number of hydrogen-bond donors (Lipinski definition) is 1. The van der Waals surface area contributed by atoms with Crippen molar-refractivity contribution in [2.45, 2.75) is 45.9 Å². The lowest BCUT2D eigenvalue weighted by Gasteiger charge is -2.24. The van der Waals surface area contributed by atoms with Crippen LogP contribution in [0.25, 0.3) is 0 Å². The molecule has 0 fully saturated rings. The molecular weight excluding hydrogens is 302 g/mol. The maximum atomic E-state index is 6.13. The lowest BCUT2D eigenvalue weighted by molar-refractivity contribution is 0.00466. The fourth-order valence-corrected chi connectivity index (χ4v) is 2.68. The Labute approximate surface area is 145 Å². The molecule has 5 nitrogen and oxygen atoms in total. The quantitative estimate of drug-likeness (QED) is 0.803. The summed E-state index contributed by atoms with van der Waals surface area (Å²) >= 11 is 0. The molecule has 1 N–H and O–H groups in total. The Morgan fingerprint density at radius 1 is 1.21 bits per heavy atom. The van der Waals surface area contributed by atoms with Crippen molar-refractivity contribution in [2.75, 3.05) is 13.7 Å². The molecule has 0 aliphatic heterocycles. The van der Waals surface area contributed by atoms with E-state index in [1.165, 1.54) is 0 Å². The maximum absolute atomic E-state index is 6.13. The van der Waals surface area contributed by atoms with E-state index < -0.39 is 0 Å². The first-order valence-electron chi connectivity index (χ1n) is 8.44. The van der Waals surface area contributed by atoms with Crippen LogP contribution in [0.5, 0.6) is 5.75 Å². The summed E-state index contributed by atoms with van der Waals surface area (Å²) in [5.74, 6) is 0.853. The molecule has 2 aromatic rings. The average Bonchev–Trinajstić information content (AvgIpc) is 2.90. The first-order valence-corrected chi connectivity index (χ1v) is 8.44. The van der Waals surface area contributed by atoms with E-state index in [4.69, 9.17) is 9.47 Å². The van der Waals surface area contributed by atoms with Gasteiger partial charge in [-0.25, -0.2) is 0 Å². The summed E-state index contributed by atoms with van der Waals surface area (Å²) in [5.41, 5.74) is 3.25. The highest BCUT2D eigenvalue weighted by molar-refractivity contribution is 5.35. The summed E-state index contributed by atoms with van der Waals surface area (Å²) in [6.07, 6.45) is 0.0579. The predicted octanol–water partition coefficient (Wildman–Crippen LogP) is 3.55. The van der Waals surface area contributed by atoms with Crippen molar-refractivity contribution < 1.29 is 9.47 Å². The van der Waals surface area contributed by atoms with Gasteiger partial charge in [0.1, 0.15) is 5.75 Å². The smallest absolute Gasteiger partial charge is 0.124 e. The minimum Gasteiger partial charge on any atom is -0.496 e. The standard InChI is InChI=1S/C19H29N3O2/c1-13(2)24-19(16-9-7-8-10-18(16)23-6)12-20-15(4)17-11-14(3)22(5)21-17/h7-11,13,15,19-20H,12H2,1-6H3/t15-,19+/m1/s1.